The van der Waals surface area contributed by atoms with E-state index in [4.69, 9.17) is 0 Å². The summed E-state index contributed by atoms with van der Waals surface area (Å²) < 4.78 is 1.90. The van der Waals surface area contributed by atoms with Crippen LogP contribution < -0.4 is 5.32 Å². The van der Waals surface area contributed by atoms with Crippen molar-refractivity contribution >= 4 is 0 Å². The third-order valence-electron chi connectivity index (χ3n) is 5.00. The second-order valence-corrected chi connectivity index (χ2v) is 6.30. The van der Waals surface area contributed by atoms with E-state index >= 15 is 0 Å². The summed E-state index contributed by atoms with van der Waals surface area (Å²) in [5.41, 5.74) is 0.289. The van der Waals surface area contributed by atoms with Gasteiger partial charge in [-0.2, -0.15) is 5.10 Å². The highest BCUT2D eigenvalue weighted by Crippen LogP contribution is 2.44. The van der Waals surface area contributed by atoms with E-state index in [1.54, 1.807) is 6.33 Å². The van der Waals surface area contributed by atoms with Crippen LogP contribution >= 0.6 is 0 Å². The van der Waals surface area contributed by atoms with Gasteiger partial charge in [-0.3, -0.25) is 9.58 Å². The van der Waals surface area contributed by atoms with Crippen molar-refractivity contribution in [1.82, 2.24) is 25.0 Å². The number of nitrogens with one attached hydrogen (secondary N) is 1. The second kappa shape index (κ2) is 4.87. The van der Waals surface area contributed by atoms with Crippen LogP contribution in [-0.4, -0.2) is 44.3 Å². The van der Waals surface area contributed by atoms with Crippen molar-refractivity contribution in [2.24, 2.45) is 13.0 Å². The zero-order valence-electron chi connectivity index (χ0n) is 12.3. The number of nitrogens with zero attached hydrogens (tertiary/aromatic N) is 4. The molecule has 2 atom stereocenters. The first-order chi connectivity index (χ1) is 9.13. The first-order valence-corrected chi connectivity index (χ1v) is 7.44. The molecule has 0 amide bonds. The lowest BCUT2D eigenvalue weighted by Crippen LogP contribution is -2.64. The Bertz CT molecular complexity index is 439. The highest BCUT2D eigenvalue weighted by Gasteiger charge is 2.48. The number of rotatable bonds is 4. The summed E-state index contributed by atoms with van der Waals surface area (Å²) >= 11 is 0. The largest absolute Gasteiger partial charge is 0.311 e. The average molecular weight is 263 g/mol. The van der Waals surface area contributed by atoms with Gasteiger partial charge in [0.1, 0.15) is 12.2 Å². The Morgan fingerprint density at radius 2 is 2.26 bits per heavy atom. The van der Waals surface area contributed by atoms with Crippen LogP contribution in [0.15, 0.2) is 6.33 Å². The lowest BCUT2D eigenvalue weighted by atomic mass is 9.89. The molecule has 2 heterocycles. The molecule has 1 aromatic rings. The molecule has 2 fully saturated rings. The van der Waals surface area contributed by atoms with Crippen LogP contribution in [0.25, 0.3) is 0 Å². The molecule has 1 N–H and O–H groups in total. The van der Waals surface area contributed by atoms with E-state index in [1.807, 2.05) is 11.7 Å². The molecule has 1 saturated heterocycles. The SMILES string of the molecule is CCC1CN(Cc2ncnn2C)C(C)(C2CC2)CN1. The molecule has 2 unspecified atom stereocenters. The smallest absolute Gasteiger partial charge is 0.140 e. The first-order valence-electron chi connectivity index (χ1n) is 7.44. The summed E-state index contributed by atoms with van der Waals surface area (Å²) in [6.45, 7) is 7.82. The number of hydrogen-bond donors (Lipinski definition) is 1. The van der Waals surface area contributed by atoms with Gasteiger partial charge in [-0.15, -0.1) is 0 Å². The fourth-order valence-corrected chi connectivity index (χ4v) is 3.26. The Morgan fingerprint density at radius 3 is 2.84 bits per heavy atom. The molecule has 3 rings (SSSR count). The Balaban J connectivity index is 1.79. The molecule has 19 heavy (non-hydrogen) atoms. The molecule has 1 aliphatic heterocycles. The highest BCUT2D eigenvalue weighted by molar-refractivity contribution is 5.05. The van der Waals surface area contributed by atoms with Gasteiger partial charge in [-0.05, 0) is 32.1 Å². The van der Waals surface area contributed by atoms with Gasteiger partial charge in [-0.1, -0.05) is 6.92 Å². The molecule has 106 valence electrons. The molecule has 2 aliphatic rings. The van der Waals surface area contributed by atoms with Crippen molar-refractivity contribution in [2.45, 2.75) is 51.2 Å². The zero-order chi connectivity index (χ0) is 13.5. The molecule has 1 saturated carbocycles. The molecule has 0 spiro atoms. The molecular formula is C14H25N5. The topological polar surface area (TPSA) is 46.0 Å². The van der Waals surface area contributed by atoms with Gasteiger partial charge in [0.15, 0.2) is 0 Å². The van der Waals surface area contributed by atoms with E-state index in [1.165, 1.54) is 19.3 Å². The molecule has 0 bridgehead atoms. The van der Waals surface area contributed by atoms with Gasteiger partial charge in [0.2, 0.25) is 0 Å². The van der Waals surface area contributed by atoms with Crippen molar-refractivity contribution < 1.29 is 0 Å². The van der Waals surface area contributed by atoms with Gasteiger partial charge in [-0.25, -0.2) is 4.98 Å². The fraction of sp³-hybridized carbons (Fsp3) is 0.857. The predicted octanol–water partition coefficient (Wildman–Crippen LogP) is 1.17. The molecular weight excluding hydrogens is 238 g/mol. The number of piperazine rings is 1. The third kappa shape index (κ3) is 2.41. The zero-order valence-corrected chi connectivity index (χ0v) is 12.3. The molecule has 5 heteroatoms. The van der Waals surface area contributed by atoms with Gasteiger partial charge in [0.05, 0.1) is 6.54 Å². The summed E-state index contributed by atoms with van der Waals surface area (Å²) in [5.74, 6) is 1.93. The van der Waals surface area contributed by atoms with E-state index in [9.17, 15) is 0 Å². The number of hydrogen-bond acceptors (Lipinski definition) is 4. The van der Waals surface area contributed by atoms with Crippen molar-refractivity contribution in [3.8, 4) is 0 Å². The normalized spacial score (nSPS) is 32.7. The minimum atomic E-state index is 0.289. The predicted molar refractivity (Wildman–Crippen MR) is 74.6 cm³/mol. The summed E-state index contributed by atoms with van der Waals surface area (Å²) in [6, 6.07) is 0.611. The van der Waals surface area contributed by atoms with Crippen molar-refractivity contribution in [3.63, 3.8) is 0 Å². The van der Waals surface area contributed by atoms with Gasteiger partial charge < -0.3 is 5.32 Å². The lowest BCUT2D eigenvalue weighted by Gasteiger charge is -2.48. The van der Waals surface area contributed by atoms with Crippen LogP contribution in [0.1, 0.15) is 38.9 Å². The summed E-state index contributed by atoms with van der Waals surface area (Å²) in [6.07, 6.45) is 5.61. The Hall–Kier alpha value is -0.940. The van der Waals surface area contributed by atoms with Crippen molar-refractivity contribution in [1.29, 1.82) is 0 Å². The maximum absolute atomic E-state index is 4.40. The van der Waals surface area contributed by atoms with Crippen molar-refractivity contribution in [2.75, 3.05) is 13.1 Å². The molecule has 1 aromatic heterocycles. The van der Waals surface area contributed by atoms with E-state index in [0.29, 0.717) is 6.04 Å². The summed E-state index contributed by atoms with van der Waals surface area (Å²) in [5, 5.41) is 7.91. The van der Waals surface area contributed by atoms with Crippen LogP contribution in [0.5, 0.6) is 0 Å². The second-order valence-electron chi connectivity index (χ2n) is 6.30. The Kier molecular flexibility index (Phi) is 3.35. The highest BCUT2D eigenvalue weighted by atomic mass is 15.4. The molecule has 0 aromatic carbocycles. The summed E-state index contributed by atoms with van der Waals surface area (Å²) in [4.78, 5) is 7.03. The summed E-state index contributed by atoms with van der Waals surface area (Å²) in [7, 11) is 1.98. The molecule has 1 aliphatic carbocycles. The van der Waals surface area contributed by atoms with E-state index < -0.39 is 0 Å². The third-order valence-corrected chi connectivity index (χ3v) is 5.00. The Labute approximate surface area is 115 Å². The van der Waals surface area contributed by atoms with Crippen LogP contribution in [0.4, 0.5) is 0 Å². The number of aromatic nitrogens is 3. The van der Waals surface area contributed by atoms with Crippen LogP contribution in [0, 0.1) is 5.92 Å². The van der Waals surface area contributed by atoms with E-state index in [2.05, 4.69) is 34.1 Å². The first kappa shape index (κ1) is 13.1. The molecule has 0 radical (unpaired) electrons. The lowest BCUT2D eigenvalue weighted by molar-refractivity contribution is 0.0241. The Morgan fingerprint density at radius 1 is 1.47 bits per heavy atom. The van der Waals surface area contributed by atoms with Gasteiger partial charge in [0, 0.05) is 31.7 Å². The monoisotopic (exact) mass is 263 g/mol. The fourth-order valence-electron chi connectivity index (χ4n) is 3.26. The minimum Gasteiger partial charge on any atom is -0.311 e. The maximum atomic E-state index is 4.40. The average Bonchev–Trinajstić information content (AvgIpc) is 3.19. The van der Waals surface area contributed by atoms with E-state index in [0.717, 1.165) is 31.4 Å². The standard InChI is InChI=1S/C14H25N5/c1-4-12-7-19(8-13-16-10-17-18(13)3)14(2,9-15-12)11-5-6-11/h10-12,15H,4-9H2,1-3H3. The van der Waals surface area contributed by atoms with E-state index in [-0.39, 0.29) is 5.54 Å². The van der Waals surface area contributed by atoms with Gasteiger partial charge >= 0.3 is 0 Å². The minimum absolute atomic E-state index is 0.289. The quantitative estimate of drug-likeness (QED) is 0.886. The van der Waals surface area contributed by atoms with Gasteiger partial charge in [0.25, 0.3) is 0 Å². The maximum Gasteiger partial charge on any atom is 0.140 e. The van der Waals surface area contributed by atoms with Crippen LogP contribution in [0.3, 0.4) is 0 Å². The van der Waals surface area contributed by atoms with Crippen LogP contribution in [-0.2, 0) is 13.6 Å². The van der Waals surface area contributed by atoms with Crippen LogP contribution in [0.2, 0.25) is 0 Å². The molecule has 5 nitrogen and oxygen atoms in total. The number of aryl methyl sites for hydroxylation is 1. The van der Waals surface area contributed by atoms with Crippen molar-refractivity contribution in [3.05, 3.63) is 12.2 Å².